The molecule has 2 atom stereocenters. The molecule has 114 valence electrons. The minimum Gasteiger partial charge on any atom is -0.374 e. The van der Waals surface area contributed by atoms with E-state index in [0.717, 1.165) is 11.3 Å². The van der Waals surface area contributed by atoms with E-state index in [2.05, 4.69) is 5.32 Å². The summed E-state index contributed by atoms with van der Waals surface area (Å²) in [4.78, 5) is 24.8. The number of amides is 2. The van der Waals surface area contributed by atoms with Crippen molar-refractivity contribution in [2.45, 2.75) is 44.5 Å². The van der Waals surface area contributed by atoms with Crippen LogP contribution in [0.1, 0.15) is 47.9 Å². The molecule has 1 aromatic heterocycles. The number of imide groups is 1. The maximum atomic E-state index is 12.9. The predicted octanol–water partition coefficient (Wildman–Crippen LogP) is 1.69. The number of alkyl halides is 2. The second kappa shape index (κ2) is 5.43. The van der Waals surface area contributed by atoms with E-state index in [0.29, 0.717) is 24.0 Å². The third-order valence-electron chi connectivity index (χ3n) is 3.94. The van der Waals surface area contributed by atoms with Gasteiger partial charge in [0.25, 0.3) is 6.43 Å². The lowest BCUT2D eigenvalue weighted by atomic mass is 10.1. The van der Waals surface area contributed by atoms with Crippen LogP contribution >= 0.6 is 11.3 Å². The van der Waals surface area contributed by atoms with Crippen LogP contribution in [0.3, 0.4) is 0 Å². The second-order valence-corrected chi connectivity index (χ2v) is 6.11. The number of carbonyl (C=O) groups is 2. The summed E-state index contributed by atoms with van der Waals surface area (Å²) in [5.74, 6) is -0.803. The summed E-state index contributed by atoms with van der Waals surface area (Å²) in [6, 6.07) is -0.672. The highest BCUT2D eigenvalue weighted by molar-refractivity contribution is 7.10. The minimum atomic E-state index is -2.59. The number of aliphatic hydroxyl groups is 1. The molecule has 0 radical (unpaired) electrons. The minimum absolute atomic E-state index is 0.0587. The fourth-order valence-electron chi connectivity index (χ4n) is 2.90. The molecule has 21 heavy (non-hydrogen) atoms. The molecule has 8 heteroatoms. The normalized spacial score (nSPS) is 26.9. The lowest BCUT2D eigenvalue weighted by Gasteiger charge is -2.28. The Morgan fingerprint density at radius 1 is 1.43 bits per heavy atom. The highest BCUT2D eigenvalue weighted by atomic mass is 32.1. The first-order chi connectivity index (χ1) is 9.99. The van der Waals surface area contributed by atoms with Crippen LogP contribution in [0.5, 0.6) is 0 Å². The van der Waals surface area contributed by atoms with Gasteiger partial charge < -0.3 is 5.11 Å². The lowest BCUT2D eigenvalue weighted by molar-refractivity contribution is -0.135. The van der Waals surface area contributed by atoms with Crippen LogP contribution in [0, 0.1) is 0 Å². The molecule has 0 bridgehead atoms. The summed E-state index contributed by atoms with van der Waals surface area (Å²) in [5, 5.41) is 14.1. The van der Waals surface area contributed by atoms with Crippen LogP contribution in [0.2, 0.25) is 0 Å². The monoisotopic (exact) mass is 316 g/mol. The molecular weight excluding hydrogens is 302 g/mol. The van der Waals surface area contributed by atoms with Crippen molar-refractivity contribution in [2.24, 2.45) is 0 Å². The van der Waals surface area contributed by atoms with Gasteiger partial charge in [-0.1, -0.05) is 0 Å². The van der Waals surface area contributed by atoms with Crippen molar-refractivity contribution in [1.82, 2.24) is 10.2 Å². The Kier molecular flexibility index (Phi) is 3.76. The molecule has 2 N–H and O–H groups in total. The van der Waals surface area contributed by atoms with Gasteiger partial charge >= 0.3 is 0 Å². The molecule has 5 nitrogen and oxygen atoms in total. The van der Waals surface area contributed by atoms with Gasteiger partial charge in [-0.15, -0.1) is 11.3 Å². The van der Waals surface area contributed by atoms with E-state index in [1.54, 1.807) is 0 Å². The van der Waals surface area contributed by atoms with Crippen molar-refractivity contribution in [1.29, 1.82) is 0 Å². The number of nitrogens with one attached hydrogen (secondary N) is 1. The van der Waals surface area contributed by atoms with Gasteiger partial charge in [0.2, 0.25) is 11.8 Å². The maximum Gasteiger partial charge on any atom is 0.273 e. The zero-order chi connectivity index (χ0) is 15.1. The van der Waals surface area contributed by atoms with Gasteiger partial charge in [0.05, 0.1) is 10.9 Å². The van der Waals surface area contributed by atoms with Crippen molar-refractivity contribution in [2.75, 3.05) is 0 Å². The molecular formula is C13H14F2N2O3S. The van der Waals surface area contributed by atoms with E-state index in [4.69, 9.17) is 0 Å². The number of thiophene rings is 1. The first kappa shape index (κ1) is 14.6. The molecule has 0 aliphatic carbocycles. The number of hydrogen-bond donors (Lipinski definition) is 2. The van der Waals surface area contributed by atoms with Crippen molar-refractivity contribution >= 4 is 23.2 Å². The molecule has 1 fully saturated rings. The van der Waals surface area contributed by atoms with Crippen molar-refractivity contribution in [3.05, 3.63) is 21.4 Å². The van der Waals surface area contributed by atoms with Crippen LogP contribution in [-0.4, -0.2) is 27.9 Å². The Labute approximate surface area is 123 Å². The first-order valence-corrected chi connectivity index (χ1v) is 7.53. The Morgan fingerprint density at radius 2 is 2.19 bits per heavy atom. The van der Waals surface area contributed by atoms with Gasteiger partial charge in [-0.3, -0.25) is 19.8 Å². The summed E-state index contributed by atoms with van der Waals surface area (Å²) in [6.45, 7) is 0.103. The highest BCUT2D eigenvalue weighted by Gasteiger charge is 2.41. The average Bonchev–Trinajstić information content (AvgIpc) is 2.90. The van der Waals surface area contributed by atoms with Gasteiger partial charge in [-0.25, -0.2) is 8.78 Å². The Balaban J connectivity index is 1.85. The maximum absolute atomic E-state index is 12.9. The van der Waals surface area contributed by atoms with E-state index in [1.807, 2.05) is 0 Å². The molecule has 3 rings (SSSR count). The van der Waals surface area contributed by atoms with E-state index in [-0.39, 0.29) is 23.7 Å². The zero-order valence-electron chi connectivity index (χ0n) is 11.0. The highest BCUT2D eigenvalue weighted by Crippen LogP contribution is 2.43. The number of carbonyl (C=O) groups excluding carboxylic acids is 2. The van der Waals surface area contributed by atoms with Gasteiger partial charge in [0.15, 0.2) is 0 Å². The van der Waals surface area contributed by atoms with Crippen molar-refractivity contribution in [3.8, 4) is 0 Å². The third kappa shape index (κ3) is 2.47. The van der Waals surface area contributed by atoms with Crippen molar-refractivity contribution < 1.29 is 23.5 Å². The lowest BCUT2D eigenvalue weighted by Crippen LogP contribution is -2.46. The number of halogens is 2. The van der Waals surface area contributed by atoms with Crippen molar-refractivity contribution in [3.63, 3.8) is 0 Å². The summed E-state index contributed by atoms with van der Waals surface area (Å²) < 4.78 is 25.9. The summed E-state index contributed by atoms with van der Waals surface area (Å²) in [6.07, 6.45) is -2.45. The van der Waals surface area contributed by atoms with Gasteiger partial charge in [-0.2, -0.15) is 0 Å². The number of fused-ring (bicyclic) bond motifs is 1. The summed E-state index contributed by atoms with van der Waals surface area (Å²) in [7, 11) is 0. The van der Waals surface area contributed by atoms with Gasteiger partial charge in [0.1, 0.15) is 6.23 Å². The average molecular weight is 316 g/mol. The van der Waals surface area contributed by atoms with Crippen LogP contribution in [0.15, 0.2) is 5.38 Å². The Morgan fingerprint density at radius 3 is 2.90 bits per heavy atom. The molecule has 0 aromatic carbocycles. The summed E-state index contributed by atoms with van der Waals surface area (Å²) >= 11 is 0.927. The van der Waals surface area contributed by atoms with Crippen LogP contribution < -0.4 is 5.32 Å². The van der Waals surface area contributed by atoms with Crippen LogP contribution in [-0.2, 0) is 16.1 Å². The fraction of sp³-hybridized carbons (Fsp3) is 0.538. The first-order valence-electron chi connectivity index (χ1n) is 6.65. The van der Waals surface area contributed by atoms with Gasteiger partial charge in [-0.05, 0) is 23.8 Å². The molecule has 1 unspecified atom stereocenters. The van der Waals surface area contributed by atoms with E-state index in [1.165, 1.54) is 10.3 Å². The molecule has 0 spiro atoms. The fourth-order valence-corrected chi connectivity index (χ4v) is 3.84. The SMILES string of the molecule is O=C1CCC[C@H](N2Cc3c(csc3C(F)F)C2O)C(=O)N1. The van der Waals surface area contributed by atoms with E-state index in [9.17, 15) is 23.5 Å². The predicted molar refractivity (Wildman–Crippen MR) is 70.6 cm³/mol. The molecule has 2 amide bonds. The Hall–Kier alpha value is -1.38. The van der Waals surface area contributed by atoms with E-state index < -0.39 is 24.6 Å². The third-order valence-corrected chi connectivity index (χ3v) is 4.99. The largest absolute Gasteiger partial charge is 0.374 e. The van der Waals surface area contributed by atoms with Gasteiger partial charge in [0, 0.05) is 18.5 Å². The Bertz CT molecular complexity index is 590. The number of nitrogens with zero attached hydrogens (tertiary/aromatic N) is 1. The zero-order valence-corrected chi connectivity index (χ0v) is 11.8. The van der Waals surface area contributed by atoms with E-state index >= 15 is 0 Å². The molecule has 0 saturated carbocycles. The second-order valence-electron chi connectivity index (χ2n) is 5.20. The molecule has 3 heterocycles. The topological polar surface area (TPSA) is 69.6 Å². The summed E-state index contributed by atoms with van der Waals surface area (Å²) in [5.41, 5.74) is 0.851. The number of rotatable bonds is 2. The smallest absolute Gasteiger partial charge is 0.273 e. The molecule has 2 aliphatic rings. The van der Waals surface area contributed by atoms with Crippen LogP contribution in [0.4, 0.5) is 8.78 Å². The molecule has 1 saturated heterocycles. The number of aliphatic hydroxyl groups excluding tert-OH is 1. The molecule has 2 aliphatic heterocycles. The standard InChI is InChI=1S/C13H14F2N2O3S/c14-11(15)10-6-4-17(13(20)7(6)5-21-10)8-2-1-3-9(18)16-12(8)19/h5,8,11,13,20H,1-4H2,(H,16,18,19)/t8-,13?/m0/s1. The quantitative estimate of drug-likeness (QED) is 0.815. The molecule has 1 aromatic rings. The number of hydrogen-bond acceptors (Lipinski definition) is 5. The van der Waals surface area contributed by atoms with Crippen LogP contribution in [0.25, 0.3) is 0 Å².